The number of rotatable bonds is 1. The lowest BCUT2D eigenvalue weighted by Gasteiger charge is -2.12. The Balaban J connectivity index is 2.43. The first-order valence-corrected chi connectivity index (χ1v) is 7.25. The molecule has 2 heteroatoms. The molecule has 0 amide bonds. The van der Waals surface area contributed by atoms with E-state index >= 15 is 0 Å². The first kappa shape index (κ1) is 13.6. The van der Waals surface area contributed by atoms with Gasteiger partial charge in [-0.15, -0.1) is 11.6 Å². The monoisotopic (exact) mass is 276 g/mol. The molecular formula is C19H20N2. The van der Waals surface area contributed by atoms with E-state index in [0.717, 1.165) is 5.49 Å². The standard InChI is InChI=1S/C19H20N2/c1-5-14(2)17-13-21(18-11-6-7-12-20(18)4)19-15(3)9-8-10-16(17)19/h5-12H,1-4H3. The maximum atomic E-state index is 3.57. The van der Waals surface area contributed by atoms with Gasteiger partial charge < -0.3 is 0 Å². The Hall–Kier alpha value is -2.35. The Bertz CT molecular complexity index is 833. The minimum absolute atomic E-state index is 1.12. The van der Waals surface area contributed by atoms with Gasteiger partial charge in [0.25, 0.3) is 0 Å². The number of para-hydroxylation sites is 1. The number of hydrogen-bond donors (Lipinski definition) is 0. The van der Waals surface area contributed by atoms with E-state index in [9.17, 15) is 0 Å². The fourth-order valence-corrected chi connectivity index (χ4v) is 2.75. The molecule has 1 aliphatic rings. The molecule has 1 aromatic carbocycles. The van der Waals surface area contributed by atoms with E-state index < -0.39 is 0 Å². The van der Waals surface area contributed by atoms with Crippen molar-refractivity contribution in [2.24, 2.45) is 7.05 Å². The highest BCUT2D eigenvalue weighted by atomic mass is 15.1. The average molecular weight is 276 g/mol. The van der Waals surface area contributed by atoms with E-state index in [1.807, 2.05) is 6.07 Å². The maximum absolute atomic E-state index is 3.57. The van der Waals surface area contributed by atoms with Gasteiger partial charge in [-0.3, -0.25) is 9.14 Å². The van der Waals surface area contributed by atoms with Crippen molar-refractivity contribution < 1.29 is 0 Å². The Morgan fingerprint density at radius 2 is 2.00 bits per heavy atom. The molecule has 0 radical (unpaired) electrons. The summed E-state index contributed by atoms with van der Waals surface area (Å²) in [4.78, 5) is 0. The maximum Gasteiger partial charge on any atom is 0.222 e. The molecule has 2 heterocycles. The SMILES string of the molecule is CC=C(C)C1=[C-][N+](=c2ccccn2C)c2c(C)cccc21. The number of allylic oxidation sites excluding steroid dienone is 3. The van der Waals surface area contributed by atoms with Crippen molar-refractivity contribution in [1.82, 2.24) is 9.14 Å². The molecule has 21 heavy (non-hydrogen) atoms. The average Bonchev–Trinajstić information content (AvgIpc) is 2.88. The molecule has 0 aliphatic carbocycles. The van der Waals surface area contributed by atoms with Gasteiger partial charge in [0.15, 0.2) is 0 Å². The zero-order valence-corrected chi connectivity index (χ0v) is 13.0. The van der Waals surface area contributed by atoms with Crippen molar-refractivity contribution in [3.05, 3.63) is 77.1 Å². The van der Waals surface area contributed by atoms with E-state index in [2.05, 4.69) is 85.8 Å². The van der Waals surface area contributed by atoms with Gasteiger partial charge in [0, 0.05) is 5.69 Å². The highest BCUT2D eigenvalue weighted by Gasteiger charge is 2.17. The van der Waals surface area contributed by atoms with Crippen LogP contribution < -0.4 is 10.1 Å². The molecule has 0 spiro atoms. The molecule has 0 N–H and O–H groups in total. The summed E-state index contributed by atoms with van der Waals surface area (Å²) in [6.45, 7) is 6.37. The summed E-state index contributed by atoms with van der Waals surface area (Å²) in [5, 5.41) is 0. The van der Waals surface area contributed by atoms with E-state index in [0.29, 0.717) is 0 Å². The van der Waals surface area contributed by atoms with Crippen LogP contribution in [0.4, 0.5) is 5.69 Å². The fourth-order valence-electron chi connectivity index (χ4n) is 2.75. The van der Waals surface area contributed by atoms with Crippen LogP contribution in [-0.2, 0) is 7.05 Å². The van der Waals surface area contributed by atoms with Crippen LogP contribution in [0.2, 0.25) is 0 Å². The van der Waals surface area contributed by atoms with Gasteiger partial charge in [0.05, 0.1) is 19.4 Å². The smallest absolute Gasteiger partial charge is 0.222 e. The number of nitrogens with zero attached hydrogens (tertiary/aromatic N) is 2. The van der Waals surface area contributed by atoms with Gasteiger partial charge in [-0.1, -0.05) is 49.2 Å². The molecule has 3 rings (SSSR count). The quantitative estimate of drug-likeness (QED) is 0.556. The predicted octanol–water partition coefficient (Wildman–Crippen LogP) is 3.56. The summed E-state index contributed by atoms with van der Waals surface area (Å²) in [6.07, 6.45) is 7.77. The van der Waals surface area contributed by atoms with Crippen molar-refractivity contribution in [3.8, 4) is 0 Å². The largest absolute Gasteiger partial charge is 0.298 e. The second-order valence-corrected chi connectivity index (χ2v) is 5.43. The van der Waals surface area contributed by atoms with Crippen LogP contribution in [-0.4, -0.2) is 4.57 Å². The third-order valence-corrected chi connectivity index (χ3v) is 4.04. The number of fused-ring (bicyclic) bond motifs is 1. The topological polar surface area (TPSA) is 7.94 Å². The summed E-state index contributed by atoms with van der Waals surface area (Å²) < 4.78 is 4.30. The second-order valence-electron chi connectivity index (χ2n) is 5.43. The Labute approximate surface area is 126 Å². The molecule has 0 atom stereocenters. The summed E-state index contributed by atoms with van der Waals surface area (Å²) in [7, 11) is 2.06. The summed E-state index contributed by atoms with van der Waals surface area (Å²) in [6, 6.07) is 12.7. The normalized spacial score (nSPS) is 16.8. The highest BCUT2D eigenvalue weighted by Crippen LogP contribution is 2.37. The fraction of sp³-hybridized carbons (Fsp3) is 0.211. The van der Waals surface area contributed by atoms with Gasteiger partial charge in [-0.05, 0) is 24.6 Å². The first-order chi connectivity index (χ1) is 10.1. The molecule has 2 nitrogen and oxygen atoms in total. The van der Waals surface area contributed by atoms with Gasteiger partial charge >= 0.3 is 0 Å². The van der Waals surface area contributed by atoms with Crippen LogP contribution in [0.1, 0.15) is 25.0 Å². The van der Waals surface area contributed by atoms with Crippen LogP contribution >= 0.6 is 0 Å². The summed E-state index contributed by atoms with van der Waals surface area (Å²) >= 11 is 0. The van der Waals surface area contributed by atoms with Crippen molar-refractivity contribution in [2.45, 2.75) is 20.8 Å². The third-order valence-electron chi connectivity index (χ3n) is 4.04. The van der Waals surface area contributed by atoms with E-state index in [1.54, 1.807) is 0 Å². The first-order valence-electron chi connectivity index (χ1n) is 7.25. The minimum atomic E-state index is 1.12. The number of aromatic nitrogens is 1. The summed E-state index contributed by atoms with van der Waals surface area (Å²) in [5.74, 6) is 0. The molecule has 1 aromatic heterocycles. The van der Waals surface area contributed by atoms with Crippen LogP contribution in [0.3, 0.4) is 0 Å². The molecule has 106 valence electrons. The van der Waals surface area contributed by atoms with Crippen molar-refractivity contribution in [1.29, 1.82) is 0 Å². The van der Waals surface area contributed by atoms with E-state index in [1.165, 1.54) is 28.0 Å². The van der Waals surface area contributed by atoms with Crippen molar-refractivity contribution >= 4 is 11.3 Å². The molecule has 0 saturated heterocycles. The number of hydrogen-bond acceptors (Lipinski definition) is 0. The molecule has 0 unspecified atom stereocenters. The lowest BCUT2D eigenvalue weighted by molar-refractivity contribution is 0.758. The zero-order valence-electron chi connectivity index (χ0n) is 13.0. The molecule has 1 aliphatic heterocycles. The third kappa shape index (κ3) is 2.17. The predicted molar refractivity (Wildman–Crippen MR) is 87.6 cm³/mol. The number of aryl methyl sites for hydroxylation is 2. The molecular weight excluding hydrogens is 256 g/mol. The Morgan fingerprint density at radius 3 is 2.71 bits per heavy atom. The molecule has 0 saturated carbocycles. The summed E-state index contributed by atoms with van der Waals surface area (Å²) in [5.41, 5.74) is 7.31. The number of benzene rings is 1. The van der Waals surface area contributed by atoms with Gasteiger partial charge in [0.2, 0.25) is 5.49 Å². The highest BCUT2D eigenvalue weighted by molar-refractivity contribution is 5.87. The van der Waals surface area contributed by atoms with E-state index in [4.69, 9.17) is 0 Å². The van der Waals surface area contributed by atoms with Crippen LogP contribution in [0.15, 0.2) is 54.2 Å². The zero-order chi connectivity index (χ0) is 15.0. The minimum Gasteiger partial charge on any atom is -0.298 e. The Morgan fingerprint density at radius 1 is 1.19 bits per heavy atom. The van der Waals surface area contributed by atoms with E-state index in [-0.39, 0.29) is 0 Å². The van der Waals surface area contributed by atoms with Crippen molar-refractivity contribution in [3.63, 3.8) is 0 Å². The lowest BCUT2D eigenvalue weighted by Crippen LogP contribution is -2.28. The van der Waals surface area contributed by atoms with Gasteiger partial charge in [-0.25, -0.2) is 0 Å². The molecule has 0 bridgehead atoms. The van der Waals surface area contributed by atoms with Crippen LogP contribution in [0.25, 0.3) is 5.57 Å². The Kier molecular flexibility index (Phi) is 3.38. The second kappa shape index (κ2) is 5.21. The molecule has 0 fully saturated rings. The lowest BCUT2D eigenvalue weighted by atomic mass is 9.99. The van der Waals surface area contributed by atoms with Crippen molar-refractivity contribution in [2.75, 3.05) is 0 Å². The van der Waals surface area contributed by atoms with Gasteiger partial charge in [0.1, 0.15) is 0 Å². The molecule has 2 aromatic rings. The van der Waals surface area contributed by atoms with Gasteiger partial charge in [-0.2, -0.15) is 0 Å². The van der Waals surface area contributed by atoms with Crippen LogP contribution in [0.5, 0.6) is 0 Å². The number of pyridine rings is 1. The van der Waals surface area contributed by atoms with Crippen LogP contribution in [0, 0.1) is 13.1 Å².